The van der Waals surface area contributed by atoms with Gasteiger partial charge in [-0.25, -0.2) is 0 Å². The Balaban J connectivity index is 4.26. The van der Waals surface area contributed by atoms with Crippen molar-refractivity contribution in [3.05, 3.63) is 134 Å². The van der Waals surface area contributed by atoms with E-state index in [1.54, 1.807) is 0 Å². The molecule has 0 N–H and O–H groups in total. The van der Waals surface area contributed by atoms with Gasteiger partial charge in [-0.1, -0.05) is 296 Å². The van der Waals surface area contributed by atoms with E-state index >= 15 is 0 Å². The number of hydrogen-bond acceptors (Lipinski definition) is 6. The molecule has 0 heterocycles. The lowest BCUT2D eigenvalue weighted by molar-refractivity contribution is -0.166. The molecule has 0 aliphatic heterocycles. The number of unbranched alkanes of at least 4 members (excludes halogenated alkanes) is 24. The Morgan fingerprint density at radius 2 is 0.526 bits per heavy atom. The van der Waals surface area contributed by atoms with Crippen LogP contribution in [0.3, 0.4) is 0 Å². The zero-order chi connectivity index (χ0) is 56.4. The van der Waals surface area contributed by atoms with Gasteiger partial charge in [0, 0.05) is 19.3 Å². The largest absolute Gasteiger partial charge is 0.462 e. The van der Waals surface area contributed by atoms with E-state index in [0.717, 1.165) is 109 Å². The van der Waals surface area contributed by atoms with Crippen LogP contribution in [0.2, 0.25) is 0 Å². The highest BCUT2D eigenvalue weighted by Crippen LogP contribution is 2.16. The van der Waals surface area contributed by atoms with Crippen LogP contribution in [0.15, 0.2) is 134 Å². The van der Waals surface area contributed by atoms with Gasteiger partial charge in [0.15, 0.2) is 6.10 Å². The lowest BCUT2D eigenvalue weighted by Crippen LogP contribution is -2.30. The second kappa shape index (κ2) is 65.1. The molecule has 0 rings (SSSR count). The summed E-state index contributed by atoms with van der Waals surface area (Å²) in [7, 11) is 0. The minimum Gasteiger partial charge on any atom is -0.462 e. The Morgan fingerprint density at radius 1 is 0.269 bits per heavy atom. The van der Waals surface area contributed by atoms with E-state index in [9.17, 15) is 14.4 Å². The fourth-order valence-electron chi connectivity index (χ4n) is 8.67. The Hall–Kier alpha value is -4.45. The number of hydrogen-bond donors (Lipinski definition) is 0. The van der Waals surface area contributed by atoms with Crippen LogP contribution in [0, 0.1) is 0 Å². The zero-order valence-corrected chi connectivity index (χ0v) is 50.6. The number of esters is 3. The number of ether oxygens (including phenoxy) is 3. The summed E-state index contributed by atoms with van der Waals surface area (Å²) in [5.74, 6) is -0.992. The minimum atomic E-state index is -0.820. The quantitative estimate of drug-likeness (QED) is 0.0261. The molecule has 0 bridgehead atoms. The Labute approximate surface area is 481 Å². The van der Waals surface area contributed by atoms with Crippen LogP contribution < -0.4 is 0 Å². The van der Waals surface area contributed by atoms with Crippen LogP contribution in [-0.2, 0) is 28.6 Å². The Morgan fingerprint density at radius 3 is 0.833 bits per heavy atom. The fraction of sp³-hybridized carbons (Fsp3) is 0.653. The van der Waals surface area contributed by atoms with Crippen molar-refractivity contribution >= 4 is 17.9 Å². The van der Waals surface area contributed by atoms with Gasteiger partial charge in [0.1, 0.15) is 13.2 Å². The molecule has 0 aromatic carbocycles. The molecule has 6 heteroatoms. The predicted molar refractivity (Wildman–Crippen MR) is 339 cm³/mol. The molecule has 0 fully saturated rings. The summed E-state index contributed by atoms with van der Waals surface area (Å²) >= 11 is 0. The lowest BCUT2D eigenvalue weighted by atomic mass is 10.0. The van der Waals surface area contributed by atoms with Crippen molar-refractivity contribution in [2.45, 2.75) is 290 Å². The molecule has 0 radical (unpaired) electrons. The van der Waals surface area contributed by atoms with Gasteiger partial charge >= 0.3 is 17.9 Å². The summed E-state index contributed by atoms with van der Waals surface area (Å²) in [6.45, 7) is 6.35. The topological polar surface area (TPSA) is 78.9 Å². The van der Waals surface area contributed by atoms with Crippen molar-refractivity contribution < 1.29 is 28.6 Å². The van der Waals surface area contributed by atoms with Gasteiger partial charge in [-0.2, -0.15) is 0 Å². The second-order valence-corrected chi connectivity index (χ2v) is 20.9. The average molecular weight is 1080 g/mol. The average Bonchev–Trinajstić information content (AvgIpc) is 3.44. The number of allylic oxidation sites excluding steroid dienone is 22. The number of carbonyl (C=O) groups excluding carboxylic acids is 3. The molecule has 1 atom stereocenters. The first-order chi connectivity index (χ1) is 38.5. The highest BCUT2D eigenvalue weighted by Gasteiger charge is 2.19. The molecule has 0 aliphatic rings. The van der Waals surface area contributed by atoms with E-state index in [0.29, 0.717) is 19.3 Å². The van der Waals surface area contributed by atoms with Crippen molar-refractivity contribution in [3.63, 3.8) is 0 Å². The molecule has 0 aromatic heterocycles. The van der Waals surface area contributed by atoms with E-state index in [1.807, 2.05) is 6.08 Å². The normalized spacial score (nSPS) is 13.0. The third kappa shape index (κ3) is 62.4. The maximum Gasteiger partial charge on any atom is 0.306 e. The molecule has 0 saturated carbocycles. The summed E-state index contributed by atoms with van der Waals surface area (Å²) in [5, 5.41) is 0. The molecular formula is C72H118O6. The first kappa shape index (κ1) is 73.5. The highest BCUT2D eigenvalue weighted by atomic mass is 16.6. The molecule has 0 spiro atoms. The van der Waals surface area contributed by atoms with E-state index in [-0.39, 0.29) is 31.6 Å². The molecular weight excluding hydrogens is 961 g/mol. The Bertz CT molecular complexity index is 1670. The Kier molecular flexibility index (Phi) is 61.4. The summed E-state index contributed by atoms with van der Waals surface area (Å²) in [6.07, 6.45) is 92.0. The third-order valence-electron chi connectivity index (χ3n) is 13.4. The molecule has 0 aromatic rings. The fourth-order valence-corrected chi connectivity index (χ4v) is 8.67. The summed E-state index contributed by atoms with van der Waals surface area (Å²) in [5.41, 5.74) is 0. The van der Waals surface area contributed by atoms with Gasteiger partial charge in [-0.05, 0) is 103 Å². The van der Waals surface area contributed by atoms with Crippen LogP contribution in [0.4, 0.5) is 0 Å². The molecule has 0 amide bonds. The molecule has 6 nitrogen and oxygen atoms in total. The van der Waals surface area contributed by atoms with Crippen molar-refractivity contribution in [1.82, 2.24) is 0 Å². The predicted octanol–water partition coefficient (Wildman–Crippen LogP) is 22.2. The number of carbonyl (C=O) groups is 3. The molecule has 78 heavy (non-hydrogen) atoms. The van der Waals surface area contributed by atoms with Gasteiger partial charge in [-0.15, -0.1) is 0 Å². The molecule has 0 aliphatic carbocycles. The standard InChI is InChI=1S/C72H118O6/c1-4-7-10-13-16-19-22-24-26-28-30-31-32-33-34-35-36-37-38-39-40-41-43-44-46-48-50-53-56-59-62-65-71(74)77-68-69(67-76-70(73)64-61-58-55-52-21-18-15-12-9-6-3)78-72(75)66-63-60-57-54-51-49-47-45-42-29-27-25-23-20-17-14-11-8-5-2/h7-8,10-11,16-17,19-20,24-27,30-31,33-34,42,45,49,51,57,60,69H,4-6,9,12-15,18,21-23,28-29,32,35-41,43-44,46-48,50,52-56,58-59,61-68H2,1-3H3/b10-7-,11-8-,19-16-,20-17-,26-24-,27-25-,31-30-,34-33-,45-42-,51-49-,60-57-. The van der Waals surface area contributed by atoms with Crippen molar-refractivity contribution in [1.29, 1.82) is 0 Å². The number of rotatable bonds is 57. The summed E-state index contributed by atoms with van der Waals surface area (Å²) < 4.78 is 16.8. The minimum absolute atomic E-state index is 0.108. The maximum atomic E-state index is 12.8. The smallest absolute Gasteiger partial charge is 0.306 e. The van der Waals surface area contributed by atoms with Crippen LogP contribution in [0.1, 0.15) is 284 Å². The van der Waals surface area contributed by atoms with Gasteiger partial charge in [0.2, 0.25) is 0 Å². The van der Waals surface area contributed by atoms with E-state index in [2.05, 4.69) is 148 Å². The van der Waals surface area contributed by atoms with Gasteiger partial charge < -0.3 is 14.2 Å². The van der Waals surface area contributed by atoms with Crippen LogP contribution in [0.5, 0.6) is 0 Å². The van der Waals surface area contributed by atoms with Gasteiger partial charge in [-0.3, -0.25) is 14.4 Å². The first-order valence-corrected chi connectivity index (χ1v) is 32.2. The van der Waals surface area contributed by atoms with Crippen molar-refractivity contribution in [2.75, 3.05) is 13.2 Å². The van der Waals surface area contributed by atoms with Crippen LogP contribution in [0.25, 0.3) is 0 Å². The van der Waals surface area contributed by atoms with Gasteiger partial charge in [0.25, 0.3) is 0 Å². The van der Waals surface area contributed by atoms with Crippen LogP contribution >= 0.6 is 0 Å². The maximum absolute atomic E-state index is 12.8. The first-order valence-electron chi connectivity index (χ1n) is 32.2. The van der Waals surface area contributed by atoms with E-state index < -0.39 is 12.1 Å². The van der Waals surface area contributed by atoms with E-state index in [4.69, 9.17) is 14.2 Å². The summed E-state index contributed by atoms with van der Waals surface area (Å²) in [4.78, 5) is 38.2. The van der Waals surface area contributed by atoms with Gasteiger partial charge in [0.05, 0.1) is 0 Å². The van der Waals surface area contributed by atoms with Crippen molar-refractivity contribution in [3.8, 4) is 0 Å². The molecule has 442 valence electrons. The van der Waals surface area contributed by atoms with E-state index in [1.165, 1.54) is 128 Å². The molecule has 1 unspecified atom stereocenters. The van der Waals surface area contributed by atoms with Crippen molar-refractivity contribution in [2.24, 2.45) is 0 Å². The second-order valence-electron chi connectivity index (χ2n) is 20.9. The SMILES string of the molecule is CC/C=C\C/C=C\C/C=C\C/C=C\C/C=C\C/C=C\CCC(=O)OC(COC(=O)CCCCCCCCCCCC)COC(=O)CCCCCCCCCCCCCCCCC/C=C\C/C=C\C/C=C\C/C=C\C/C=C\CC. The lowest BCUT2D eigenvalue weighted by Gasteiger charge is -2.18. The molecule has 0 saturated heterocycles. The monoisotopic (exact) mass is 1080 g/mol. The zero-order valence-electron chi connectivity index (χ0n) is 50.6. The van der Waals surface area contributed by atoms with Crippen LogP contribution in [-0.4, -0.2) is 37.2 Å². The summed E-state index contributed by atoms with van der Waals surface area (Å²) in [6, 6.07) is 0. The third-order valence-corrected chi connectivity index (χ3v) is 13.4. The highest BCUT2D eigenvalue weighted by molar-refractivity contribution is 5.71.